The van der Waals surface area contributed by atoms with Gasteiger partial charge in [0, 0.05) is 37.0 Å². The highest BCUT2D eigenvalue weighted by Gasteiger charge is 2.43. The molecule has 1 saturated heterocycles. The predicted molar refractivity (Wildman–Crippen MR) is 144 cm³/mol. The Morgan fingerprint density at radius 3 is 2.68 bits per heavy atom. The molecule has 37 heavy (non-hydrogen) atoms. The highest BCUT2D eigenvalue weighted by Crippen LogP contribution is 2.47. The predicted octanol–water partition coefficient (Wildman–Crippen LogP) is 4.17. The standard InChI is InChI=1S/C24H41N4O7PSi/c1-9-31-36(34-17(3)12-20-25-10-11-26-20)35-18-13-21(28-14-16(2)22(29)27-23(28)30)33-19(18)15-32-37(7,8)24(4,5)6/h10-11,14,17-19,21H,9,12-13,15H2,1-8H3,(H,25,26)(H,27,29,30)/t17-,18-,19+,21+,36?/m0/s1. The molecule has 0 radical (unpaired) electrons. The molecule has 1 unspecified atom stereocenters. The van der Waals surface area contributed by atoms with Crippen molar-refractivity contribution in [3.8, 4) is 0 Å². The molecule has 1 fully saturated rings. The fraction of sp³-hybridized carbons (Fsp3) is 0.708. The van der Waals surface area contributed by atoms with E-state index < -0.39 is 46.6 Å². The molecule has 0 saturated carbocycles. The van der Waals surface area contributed by atoms with Gasteiger partial charge in [0.15, 0.2) is 8.32 Å². The van der Waals surface area contributed by atoms with Crippen LogP contribution in [0.4, 0.5) is 0 Å². The molecule has 208 valence electrons. The first-order chi connectivity index (χ1) is 17.3. The van der Waals surface area contributed by atoms with Gasteiger partial charge in [0.25, 0.3) is 5.56 Å². The topological polar surface area (TPSA) is 130 Å². The lowest BCUT2D eigenvalue weighted by atomic mass is 10.2. The van der Waals surface area contributed by atoms with Crippen molar-refractivity contribution < 1.29 is 22.7 Å². The third-order valence-electron chi connectivity index (χ3n) is 6.81. The Labute approximate surface area is 220 Å². The summed E-state index contributed by atoms with van der Waals surface area (Å²) in [6, 6.07) is 0. The summed E-state index contributed by atoms with van der Waals surface area (Å²) in [7, 11) is -3.77. The van der Waals surface area contributed by atoms with Crippen molar-refractivity contribution in [2.45, 2.75) is 97.1 Å². The number of imidazole rings is 1. The number of rotatable bonds is 12. The number of H-pyrrole nitrogens is 2. The van der Waals surface area contributed by atoms with Crippen molar-refractivity contribution in [2.75, 3.05) is 13.2 Å². The lowest BCUT2D eigenvalue weighted by Crippen LogP contribution is -2.44. The fourth-order valence-corrected chi connectivity index (χ4v) is 5.81. The summed E-state index contributed by atoms with van der Waals surface area (Å²) in [6.07, 6.45) is 4.23. The van der Waals surface area contributed by atoms with Crippen molar-refractivity contribution in [1.82, 2.24) is 19.5 Å². The Bertz CT molecular complexity index is 1120. The van der Waals surface area contributed by atoms with Crippen LogP contribution in [0.3, 0.4) is 0 Å². The lowest BCUT2D eigenvalue weighted by molar-refractivity contribution is -0.0429. The normalized spacial score (nSPS) is 22.3. The van der Waals surface area contributed by atoms with E-state index in [9.17, 15) is 9.59 Å². The summed E-state index contributed by atoms with van der Waals surface area (Å²) in [6.45, 7) is 17.1. The molecule has 13 heteroatoms. The first-order valence-corrected chi connectivity index (χ1v) is 16.7. The van der Waals surface area contributed by atoms with Crippen LogP contribution in [-0.2, 0) is 29.2 Å². The summed E-state index contributed by atoms with van der Waals surface area (Å²) in [4.78, 5) is 34.1. The molecule has 11 nitrogen and oxygen atoms in total. The van der Waals surface area contributed by atoms with Crippen molar-refractivity contribution in [1.29, 1.82) is 0 Å². The second kappa shape index (κ2) is 12.5. The van der Waals surface area contributed by atoms with Crippen LogP contribution < -0.4 is 11.2 Å². The molecule has 0 bridgehead atoms. The average Bonchev–Trinajstić information content (AvgIpc) is 3.44. The van der Waals surface area contributed by atoms with Gasteiger partial charge in [-0.2, -0.15) is 0 Å². The molecule has 2 aromatic heterocycles. The smallest absolute Gasteiger partial charge is 0.333 e. The number of nitrogens with zero attached hydrogens (tertiary/aromatic N) is 2. The van der Waals surface area contributed by atoms with Gasteiger partial charge in [-0.05, 0) is 38.9 Å². The Morgan fingerprint density at radius 2 is 2.05 bits per heavy atom. The maximum atomic E-state index is 12.6. The molecule has 0 aliphatic carbocycles. The van der Waals surface area contributed by atoms with Crippen molar-refractivity contribution in [2.24, 2.45) is 0 Å². The molecule has 2 aromatic rings. The summed E-state index contributed by atoms with van der Waals surface area (Å²) < 4.78 is 32.5. The second-order valence-electron chi connectivity index (χ2n) is 10.9. The number of hydrogen-bond acceptors (Lipinski definition) is 8. The van der Waals surface area contributed by atoms with Gasteiger partial charge in [0.1, 0.15) is 18.2 Å². The van der Waals surface area contributed by atoms with Gasteiger partial charge >= 0.3 is 14.3 Å². The van der Waals surface area contributed by atoms with Crippen LogP contribution in [0.15, 0.2) is 28.2 Å². The Balaban J connectivity index is 1.78. The maximum absolute atomic E-state index is 12.6. The summed E-state index contributed by atoms with van der Waals surface area (Å²) >= 11 is 0. The third-order valence-corrected chi connectivity index (χ3v) is 12.8. The van der Waals surface area contributed by atoms with Crippen LogP contribution in [0.25, 0.3) is 0 Å². The van der Waals surface area contributed by atoms with Crippen LogP contribution in [0.2, 0.25) is 18.1 Å². The molecule has 3 rings (SSSR count). The monoisotopic (exact) mass is 556 g/mol. The van der Waals surface area contributed by atoms with E-state index in [4.69, 9.17) is 22.7 Å². The fourth-order valence-electron chi connectivity index (χ4n) is 3.61. The summed E-state index contributed by atoms with van der Waals surface area (Å²) in [5.41, 5.74) is -0.516. The molecule has 0 amide bonds. The Morgan fingerprint density at radius 1 is 1.32 bits per heavy atom. The van der Waals surface area contributed by atoms with Crippen molar-refractivity contribution >= 4 is 16.9 Å². The van der Waals surface area contributed by atoms with Gasteiger partial charge in [0.05, 0.1) is 25.4 Å². The van der Waals surface area contributed by atoms with Gasteiger partial charge < -0.3 is 27.7 Å². The molecular weight excluding hydrogens is 515 g/mol. The number of aromatic nitrogens is 4. The van der Waals surface area contributed by atoms with E-state index >= 15 is 0 Å². The first-order valence-electron chi connectivity index (χ1n) is 12.7. The van der Waals surface area contributed by atoms with Crippen LogP contribution in [-0.4, -0.2) is 59.4 Å². The quantitative estimate of drug-likeness (QED) is 0.294. The zero-order valence-corrected chi connectivity index (χ0v) is 25.0. The minimum absolute atomic E-state index is 0.0245. The molecule has 1 aliphatic rings. The van der Waals surface area contributed by atoms with E-state index in [2.05, 4.69) is 48.8 Å². The Hall–Kier alpha value is -1.66. The molecule has 3 heterocycles. The van der Waals surface area contributed by atoms with E-state index in [-0.39, 0.29) is 11.1 Å². The van der Waals surface area contributed by atoms with Crippen molar-refractivity contribution in [3.05, 3.63) is 50.8 Å². The highest BCUT2D eigenvalue weighted by atomic mass is 31.2. The minimum atomic E-state index is -2.07. The average molecular weight is 557 g/mol. The van der Waals surface area contributed by atoms with Crippen molar-refractivity contribution in [3.63, 3.8) is 0 Å². The molecule has 0 aromatic carbocycles. The van der Waals surface area contributed by atoms with Gasteiger partial charge in [-0.3, -0.25) is 14.3 Å². The number of ether oxygens (including phenoxy) is 1. The summed E-state index contributed by atoms with van der Waals surface area (Å²) in [5, 5.41) is 0.0245. The summed E-state index contributed by atoms with van der Waals surface area (Å²) in [5.74, 6) is 0.816. The van der Waals surface area contributed by atoms with E-state index in [1.54, 1.807) is 19.3 Å². The zero-order chi connectivity index (χ0) is 27.4. The first kappa shape index (κ1) is 29.9. The van der Waals surface area contributed by atoms with Crippen LogP contribution in [0.5, 0.6) is 0 Å². The molecular formula is C24H41N4O7PSi. The maximum Gasteiger partial charge on any atom is 0.333 e. The van der Waals surface area contributed by atoms with E-state index in [0.29, 0.717) is 31.6 Å². The molecule has 5 atom stereocenters. The minimum Gasteiger partial charge on any atom is -0.414 e. The van der Waals surface area contributed by atoms with Gasteiger partial charge in [-0.25, -0.2) is 9.78 Å². The number of aromatic amines is 2. The number of aryl methyl sites for hydroxylation is 1. The van der Waals surface area contributed by atoms with Crippen LogP contribution in [0.1, 0.15) is 58.7 Å². The third kappa shape index (κ3) is 7.92. The van der Waals surface area contributed by atoms with Crippen LogP contribution >= 0.6 is 8.60 Å². The SMILES string of the molecule is CCOP(O[C@H]1C[C@H](n2cc(C)c(=O)[nH]c2=O)O[C@@H]1CO[Si](C)(C)C(C)(C)C)O[C@@H](C)Cc1ncc[nH]1. The molecule has 1 aliphatic heterocycles. The van der Waals surface area contributed by atoms with Gasteiger partial charge in [0.2, 0.25) is 0 Å². The molecule has 2 N–H and O–H groups in total. The van der Waals surface area contributed by atoms with Gasteiger partial charge in [-0.15, -0.1) is 0 Å². The van der Waals surface area contributed by atoms with E-state index in [0.717, 1.165) is 5.82 Å². The largest absolute Gasteiger partial charge is 0.414 e. The number of hydrogen-bond donors (Lipinski definition) is 2. The number of nitrogens with one attached hydrogen (secondary N) is 2. The second-order valence-corrected chi connectivity index (χ2v) is 16.8. The van der Waals surface area contributed by atoms with E-state index in [1.807, 2.05) is 13.8 Å². The Kier molecular flexibility index (Phi) is 10.1. The highest BCUT2D eigenvalue weighted by molar-refractivity contribution is 7.41. The zero-order valence-electron chi connectivity index (χ0n) is 23.1. The lowest BCUT2D eigenvalue weighted by Gasteiger charge is -2.37. The van der Waals surface area contributed by atoms with Gasteiger partial charge in [-0.1, -0.05) is 20.8 Å². The van der Waals surface area contributed by atoms with E-state index in [1.165, 1.54) is 10.8 Å². The molecule has 0 spiro atoms. The van der Waals surface area contributed by atoms with Crippen LogP contribution in [0, 0.1) is 6.92 Å².